The molecule has 17 heteroatoms. The molecule has 2 saturated heterocycles. The van der Waals surface area contributed by atoms with E-state index in [-0.39, 0.29) is 57.3 Å². The Morgan fingerprint density at radius 1 is 0.977 bits per heavy atom. The van der Waals surface area contributed by atoms with Crippen molar-refractivity contribution in [1.82, 2.24) is 26.2 Å². The number of carbonyl (C=O) groups is 6. The van der Waals surface area contributed by atoms with Crippen molar-refractivity contribution < 1.29 is 43.7 Å². The highest BCUT2D eigenvalue weighted by atomic mass is 16.5. The number of phenols is 1. The standard InChI is InChI=1S/C26H36N8O9/c27-26(28)29-7-1-2-16-22(39)30-12-20(36)31-17(11-21(37)38)23(40)33-18(10-14-3-5-15(35)6-4-14)25(42)34-8-9-43-13-19(34)24(41)32-16/h3-6,16-19,35H,1-2,7-13H2,(H,30,39)(H,31,36)(H,32,41)(H,33,40)(H,37,38)(H4,27,28,29)/t16-,17-,18+,19+/m0/s1. The summed E-state index contributed by atoms with van der Waals surface area (Å²) in [6.45, 7) is -0.591. The smallest absolute Gasteiger partial charge is 0.305 e. The van der Waals surface area contributed by atoms with Crippen molar-refractivity contribution in [3.8, 4) is 5.75 Å². The van der Waals surface area contributed by atoms with Crippen molar-refractivity contribution in [1.29, 1.82) is 0 Å². The third-order valence-electron chi connectivity index (χ3n) is 6.74. The van der Waals surface area contributed by atoms with Crippen LogP contribution in [0.5, 0.6) is 5.75 Å². The number of nitrogens with zero attached hydrogens (tertiary/aromatic N) is 2. The zero-order chi connectivity index (χ0) is 31.5. The summed E-state index contributed by atoms with van der Waals surface area (Å²) in [6.07, 6.45) is -0.542. The van der Waals surface area contributed by atoms with E-state index in [1.807, 2.05) is 0 Å². The van der Waals surface area contributed by atoms with Crippen LogP contribution in [0, 0.1) is 0 Å². The molecule has 0 saturated carbocycles. The number of carbonyl (C=O) groups excluding carboxylic acids is 5. The zero-order valence-corrected chi connectivity index (χ0v) is 23.3. The summed E-state index contributed by atoms with van der Waals surface area (Å²) in [4.78, 5) is 82.8. The summed E-state index contributed by atoms with van der Waals surface area (Å²) in [6, 6.07) is 0.655. The van der Waals surface area contributed by atoms with Gasteiger partial charge in [-0.3, -0.25) is 33.8 Å². The van der Waals surface area contributed by atoms with Crippen LogP contribution in [0.3, 0.4) is 0 Å². The second kappa shape index (κ2) is 15.3. The number of nitrogens with two attached hydrogens (primary N) is 2. The number of rotatable bonds is 8. The summed E-state index contributed by atoms with van der Waals surface area (Å²) in [5.41, 5.74) is 11.2. The minimum Gasteiger partial charge on any atom is -0.508 e. The topological polar surface area (TPSA) is 268 Å². The molecule has 234 valence electrons. The minimum atomic E-state index is -1.59. The molecule has 2 aliphatic heterocycles. The van der Waals surface area contributed by atoms with Crippen LogP contribution in [0.4, 0.5) is 0 Å². The fraction of sp³-hybridized carbons (Fsp3) is 0.500. The lowest BCUT2D eigenvalue weighted by Crippen LogP contribution is -2.62. The number of guanidine groups is 1. The van der Waals surface area contributed by atoms with Crippen LogP contribution in [0.1, 0.15) is 24.8 Å². The van der Waals surface area contributed by atoms with Crippen molar-refractivity contribution in [3.63, 3.8) is 0 Å². The molecule has 3 rings (SSSR count). The lowest BCUT2D eigenvalue weighted by molar-refractivity contribution is -0.151. The molecular formula is C26H36N8O9. The molecule has 2 fully saturated rings. The molecule has 0 spiro atoms. The molecular weight excluding hydrogens is 568 g/mol. The Balaban J connectivity index is 1.97. The van der Waals surface area contributed by atoms with Crippen LogP contribution < -0.4 is 32.7 Å². The van der Waals surface area contributed by atoms with E-state index >= 15 is 0 Å². The molecule has 0 aliphatic carbocycles. The van der Waals surface area contributed by atoms with E-state index in [4.69, 9.17) is 16.2 Å². The maximum atomic E-state index is 13.9. The van der Waals surface area contributed by atoms with Crippen LogP contribution in [0.15, 0.2) is 29.3 Å². The number of morpholine rings is 1. The Morgan fingerprint density at radius 2 is 1.67 bits per heavy atom. The number of amides is 5. The lowest BCUT2D eigenvalue weighted by Gasteiger charge is -2.37. The van der Waals surface area contributed by atoms with Crippen LogP contribution in [-0.2, 0) is 39.9 Å². The summed E-state index contributed by atoms with van der Waals surface area (Å²) < 4.78 is 5.46. The predicted molar refractivity (Wildman–Crippen MR) is 149 cm³/mol. The number of ether oxygens (including phenoxy) is 1. The number of aliphatic imine (C=N–C) groups is 1. The quantitative estimate of drug-likeness (QED) is 0.0812. The van der Waals surface area contributed by atoms with Gasteiger partial charge in [0.2, 0.25) is 29.5 Å². The van der Waals surface area contributed by atoms with Gasteiger partial charge >= 0.3 is 5.97 Å². The fourth-order valence-electron chi connectivity index (χ4n) is 4.59. The number of hydrogen-bond donors (Lipinski definition) is 8. The van der Waals surface area contributed by atoms with Gasteiger partial charge in [0.25, 0.3) is 0 Å². The molecule has 0 aromatic heterocycles. The van der Waals surface area contributed by atoms with Crippen LogP contribution in [0.25, 0.3) is 0 Å². The minimum absolute atomic E-state index is 0.0183. The van der Waals surface area contributed by atoms with Gasteiger partial charge in [0.1, 0.15) is 29.9 Å². The molecule has 5 amide bonds. The van der Waals surface area contributed by atoms with Crippen molar-refractivity contribution in [2.75, 3.05) is 32.8 Å². The molecule has 0 unspecified atom stereocenters. The zero-order valence-electron chi connectivity index (χ0n) is 23.3. The van der Waals surface area contributed by atoms with Gasteiger partial charge in [-0.05, 0) is 30.5 Å². The maximum Gasteiger partial charge on any atom is 0.305 e. The highest BCUT2D eigenvalue weighted by molar-refractivity contribution is 5.98. The molecule has 1 aromatic rings. The maximum absolute atomic E-state index is 13.9. The number of carboxylic acid groups (broad SMARTS) is 1. The first-order chi connectivity index (χ1) is 20.4. The van der Waals surface area contributed by atoms with Gasteiger partial charge in [-0.2, -0.15) is 0 Å². The van der Waals surface area contributed by atoms with Gasteiger partial charge in [-0.25, -0.2) is 0 Å². The number of phenolic OH excluding ortho intramolecular Hbond substituents is 1. The molecule has 17 nitrogen and oxygen atoms in total. The third-order valence-corrected chi connectivity index (χ3v) is 6.74. The normalized spacial score (nSPS) is 23.8. The van der Waals surface area contributed by atoms with Gasteiger partial charge in [0.05, 0.1) is 26.2 Å². The predicted octanol–water partition coefficient (Wildman–Crippen LogP) is -3.73. The second-order valence-corrected chi connectivity index (χ2v) is 10.00. The lowest BCUT2D eigenvalue weighted by atomic mass is 10.0. The first-order valence-electron chi connectivity index (χ1n) is 13.6. The van der Waals surface area contributed by atoms with E-state index in [1.54, 1.807) is 0 Å². The SMILES string of the molecule is NC(N)=NCCC[C@@H]1NC(=O)[C@H]2COCCN2C(=O)[C@@H](Cc2ccc(O)cc2)NC(=O)[C@H](CC(=O)O)NC(=O)CNC1=O. The molecule has 2 heterocycles. The first kappa shape index (κ1) is 32.6. The largest absolute Gasteiger partial charge is 0.508 e. The third kappa shape index (κ3) is 9.84. The van der Waals surface area contributed by atoms with Gasteiger partial charge in [0, 0.05) is 19.5 Å². The molecule has 43 heavy (non-hydrogen) atoms. The van der Waals surface area contributed by atoms with Crippen molar-refractivity contribution in [3.05, 3.63) is 29.8 Å². The van der Waals surface area contributed by atoms with Gasteiger partial charge < -0.3 is 52.6 Å². The van der Waals surface area contributed by atoms with E-state index in [9.17, 15) is 39.0 Å². The molecule has 10 N–H and O–H groups in total. The molecule has 4 atom stereocenters. The summed E-state index contributed by atoms with van der Waals surface area (Å²) >= 11 is 0. The number of benzene rings is 1. The summed E-state index contributed by atoms with van der Waals surface area (Å²) in [5, 5.41) is 28.8. The molecule has 2 aliphatic rings. The van der Waals surface area contributed by atoms with Gasteiger partial charge in [0.15, 0.2) is 5.96 Å². The number of aliphatic carboxylic acids is 1. The number of aromatic hydroxyl groups is 1. The summed E-state index contributed by atoms with van der Waals surface area (Å²) in [5.74, 6) is -5.51. The fourth-order valence-corrected chi connectivity index (χ4v) is 4.59. The van der Waals surface area contributed by atoms with Crippen LogP contribution in [0.2, 0.25) is 0 Å². The first-order valence-corrected chi connectivity index (χ1v) is 13.6. The monoisotopic (exact) mass is 604 g/mol. The Labute approximate surface area is 246 Å². The average Bonchev–Trinajstić information content (AvgIpc) is 2.96. The number of fused-ring (bicyclic) bond motifs is 1. The summed E-state index contributed by atoms with van der Waals surface area (Å²) in [7, 11) is 0. The molecule has 1 aromatic carbocycles. The Morgan fingerprint density at radius 3 is 2.35 bits per heavy atom. The molecule has 0 bridgehead atoms. The highest BCUT2D eigenvalue weighted by Gasteiger charge is 2.39. The number of nitrogens with one attached hydrogen (secondary N) is 4. The highest BCUT2D eigenvalue weighted by Crippen LogP contribution is 2.16. The van der Waals surface area contributed by atoms with Crippen molar-refractivity contribution in [2.24, 2.45) is 16.5 Å². The van der Waals surface area contributed by atoms with E-state index in [0.29, 0.717) is 5.56 Å². The van der Waals surface area contributed by atoms with Crippen molar-refractivity contribution in [2.45, 2.75) is 49.9 Å². The van der Waals surface area contributed by atoms with E-state index < -0.39 is 72.6 Å². The Hall–Kier alpha value is -4.93. The van der Waals surface area contributed by atoms with Gasteiger partial charge in [-0.15, -0.1) is 0 Å². The van der Waals surface area contributed by atoms with E-state index in [2.05, 4.69) is 26.3 Å². The Bertz CT molecular complexity index is 1240. The van der Waals surface area contributed by atoms with Crippen LogP contribution in [-0.4, -0.2) is 114 Å². The van der Waals surface area contributed by atoms with Crippen molar-refractivity contribution >= 4 is 41.5 Å². The Kier molecular flexibility index (Phi) is 11.6. The molecule has 0 radical (unpaired) electrons. The van der Waals surface area contributed by atoms with E-state index in [1.165, 1.54) is 29.2 Å². The number of carboxylic acids is 1. The van der Waals surface area contributed by atoms with Gasteiger partial charge in [-0.1, -0.05) is 12.1 Å². The van der Waals surface area contributed by atoms with E-state index in [0.717, 1.165) is 0 Å². The average molecular weight is 605 g/mol. The second-order valence-electron chi connectivity index (χ2n) is 10.00. The number of hydrogen-bond acceptors (Lipinski definition) is 9. The van der Waals surface area contributed by atoms with Crippen LogP contribution >= 0.6 is 0 Å².